The Morgan fingerprint density at radius 1 is 1.39 bits per heavy atom. The van der Waals surface area contributed by atoms with Gasteiger partial charge >= 0.3 is 5.69 Å². The molecule has 0 bridgehead atoms. The summed E-state index contributed by atoms with van der Waals surface area (Å²) in [5, 5.41) is 10.6. The van der Waals surface area contributed by atoms with Gasteiger partial charge in [0.15, 0.2) is 0 Å². The van der Waals surface area contributed by atoms with Crippen molar-refractivity contribution < 1.29 is 9.31 Å². The van der Waals surface area contributed by atoms with Gasteiger partial charge in [-0.15, -0.1) is 0 Å². The Balaban J connectivity index is 2.85. The molecular formula is C13H19FN2O2. The summed E-state index contributed by atoms with van der Waals surface area (Å²) in [6.07, 6.45) is 0. The van der Waals surface area contributed by atoms with Gasteiger partial charge in [-0.05, 0) is 12.5 Å². The Morgan fingerprint density at radius 3 is 2.50 bits per heavy atom. The van der Waals surface area contributed by atoms with Crippen LogP contribution in [-0.2, 0) is 6.54 Å². The topological polar surface area (TPSA) is 46.4 Å². The molecule has 5 heteroatoms. The summed E-state index contributed by atoms with van der Waals surface area (Å²) >= 11 is 0. The summed E-state index contributed by atoms with van der Waals surface area (Å²) < 4.78 is 13.8. The van der Waals surface area contributed by atoms with E-state index in [1.807, 2.05) is 11.9 Å². The molecule has 0 saturated carbocycles. The molecule has 0 fully saturated rings. The predicted molar refractivity (Wildman–Crippen MR) is 68.8 cm³/mol. The molecule has 0 aliphatic carbocycles. The first-order valence-electron chi connectivity index (χ1n) is 5.81. The smallest absolute Gasteiger partial charge is 0.301 e. The number of benzene rings is 1. The van der Waals surface area contributed by atoms with Gasteiger partial charge in [-0.1, -0.05) is 32.9 Å². The van der Waals surface area contributed by atoms with E-state index in [0.29, 0.717) is 12.1 Å². The fraction of sp³-hybridized carbons (Fsp3) is 0.538. The van der Waals surface area contributed by atoms with Gasteiger partial charge < -0.3 is 4.90 Å². The van der Waals surface area contributed by atoms with Gasteiger partial charge in [-0.2, -0.15) is 4.39 Å². The normalized spacial score (nSPS) is 11.9. The highest BCUT2D eigenvalue weighted by Gasteiger charge is 2.19. The average Bonchev–Trinajstić information content (AvgIpc) is 2.17. The molecule has 0 spiro atoms. The number of hydrogen-bond acceptors (Lipinski definition) is 3. The third kappa shape index (κ3) is 4.07. The van der Waals surface area contributed by atoms with Gasteiger partial charge in [0.1, 0.15) is 0 Å². The fourth-order valence-electron chi connectivity index (χ4n) is 1.99. The number of halogens is 1. The zero-order valence-electron chi connectivity index (χ0n) is 11.2. The molecule has 0 atom stereocenters. The van der Waals surface area contributed by atoms with Gasteiger partial charge in [-0.3, -0.25) is 10.1 Å². The summed E-state index contributed by atoms with van der Waals surface area (Å²) in [5.41, 5.74) is -0.000951. The van der Waals surface area contributed by atoms with Crippen LogP contribution in [-0.4, -0.2) is 23.4 Å². The largest absolute Gasteiger partial charge is 0.305 e. The lowest BCUT2D eigenvalue weighted by Gasteiger charge is -2.26. The van der Waals surface area contributed by atoms with Crippen LogP contribution in [0.5, 0.6) is 0 Å². The van der Waals surface area contributed by atoms with Gasteiger partial charge in [0, 0.05) is 24.7 Å². The quantitative estimate of drug-likeness (QED) is 0.612. The van der Waals surface area contributed by atoms with Crippen LogP contribution in [0.1, 0.15) is 26.3 Å². The van der Waals surface area contributed by atoms with E-state index in [9.17, 15) is 14.5 Å². The van der Waals surface area contributed by atoms with E-state index in [1.54, 1.807) is 6.07 Å². The number of nitro benzene ring substituents is 1. The molecule has 1 aromatic carbocycles. The van der Waals surface area contributed by atoms with Gasteiger partial charge in [0.05, 0.1) is 4.92 Å². The number of hydrogen-bond donors (Lipinski definition) is 0. The molecule has 0 amide bonds. The standard InChI is InChI=1S/C13H19FN2O2/c1-13(2,3)9-15(4)8-10-6-5-7-11(12(10)14)16(17)18/h5-7H,8-9H2,1-4H3. The highest BCUT2D eigenvalue weighted by molar-refractivity contribution is 5.36. The summed E-state index contributed by atoms with van der Waals surface area (Å²) in [6, 6.07) is 4.28. The molecule has 100 valence electrons. The van der Waals surface area contributed by atoms with Crippen molar-refractivity contribution in [2.24, 2.45) is 5.41 Å². The second-order valence-electron chi connectivity index (χ2n) is 5.74. The monoisotopic (exact) mass is 254 g/mol. The van der Waals surface area contributed by atoms with Crippen LogP contribution < -0.4 is 0 Å². The van der Waals surface area contributed by atoms with E-state index >= 15 is 0 Å². The Hall–Kier alpha value is -1.49. The van der Waals surface area contributed by atoms with Gasteiger partial charge in [-0.25, -0.2) is 0 Å². The van der Waals surface area contributed by atoms with Gasteiger partial charge in [0.2, 0.25) is 5.82 Å². The molecule has 0 unspecified atom stereocenters. The highest BCUT2D eigenvalue weighted by atomic mass is 19.1. The van der Waals surface area contributed by atoms with Crippen molar-refractivity contribution in [2.45, 2.75) is 27.3 Å². The zero-order valence-corrected chi connectivity index (χ0v) is 11.2. The summed E-state index contributed by atoms with van der Waals surface area (Å²) in [5.74, 6) is -0.733. The first-order chi connectivity index (χ1) is 8.20. The third-order valence-corrected chi connectivity index (χ3v) is 2.44. The molecule has 0 aliphatic rings. The molecule has 0 saturated heterocycles. The van der Waals surface area contributed by atoms with Crippen molar-refractivity contribution in [1.82, 2.24) is 4.90 Å². The second kappa shape index (κ2) is 5.44. The van der Waals surface area contributed by atoms with Crippen LogP contribution in [0.15, 0.2) is 18.2 Å². The lowest BCUT2D eigenvalue weighted by atomic mass is 9.96. The van der Waals surface area contributed by atoms with Crippen molar-refractivity contribution in [3.63, 3.8) is 0 Å². The molecule has 1 rings (SSSR count). The second-order valence-corrected chi connectivity index (χ2v) is 5.74. The first kappa shape index (κ1) is 14.6. The number of rotatable bonds is 4. The maximum atomic E-state index is 13.8. The van der Waals surface area contributed by atoms with E-state index < -0.39 is 16.4 Å². The number of nitro groups is 1. The average molecular weight is 254 g/mol. The van der Waals surface area contributed by atoms with Crippen molar-refractivity contribution in [3.8, 4) is 0 Å². The molecule has 4 nitrogen and oxygen atoms in total. The summed E-state index contributed by atoms with van der Waals surface area (Å²) in [7, 11) is 1.88. The minimum Gasteiger partial charge on any atom is -0.301 e. The Kier molecular flexibility index (Phi) is 4.40. The third-order valence-electron chi connectivity index (χ3n) is 2.44. The Morgan fingerprint density at radius 2 is 2.00 bits per heavy atom. The van der Waals surface area contributed by atoms with Crippen molar-refractivity contribution in [2.75, 3.05) is 13.6 Å². The number of nitrogens with zero attached hydrogens (tertiary/aromatic N) is 2. The summed E-state index contributed by atoms with van der Waals surface area (Å²) in [4.78, 5) is 11.9. The molecule has 0 N–H and O–H groups in total. The van der Waals surface area contributed by atoms with Crippen LogP contribution in [0.3, 0.4) is 0 Å². The molecule has 0 aliphatic heterocycles. The minimum atomic E-state index is -0.733. The predicted octanol–water partition coefficient (Wildman–Crippen LogP) is 3.21. The maximum Gasteiger partial charge on any atom is 0.305 e. The highest BCUT2D eigenvalue weighted by Crippen LogP contribution is 2.22. The van der Waals surface area contributed by atoms with Gasteiger partial charge in [0.25, 0.3) is 0 Å². The molecule has 1 aromatic rings. The van der Waals surface area contributed by atoms with Crippen molar-refractivity contribution in [3.05, 3.63) is 39.7 Å². The van der Waals surface area contributed by atoms with Crippen LogP contribution in [0.4, 0.5) is 10.1 Å². The Labute approximate surface area is 107 Å². The molecular weight excluding hydrogens is 235 g/mol. The van der Waals surface area contributed by atoms with E-state index in [1.165, 1.54) is 12.1 Å². The maximum absolute atomic E-state index is 13.8. The van der Waals surface area contributed by atoms with E-state index in [4.69, 9.17) is 0 Å². The van der Waals surface area contributed by atoms with Crippen LogP contribution in [0.2, 0.25) is 0 Å². The van der Waals surface area contributed by atoms with Crippen LogP contribution >= 0.6 is 0 Å². The molecule has 18 heavy (non-hydrogen) atoms. The van der Waals surface area contributed by atoms with Crippen LogP contribution in [0, 0.1) is 21.3 Å². The van der Waals surface area contributed by atoms with Crippen LogP contribution in [0.25, 0.3) is 0 Å². The first-order valence-corrected chi connectivity index (χ1v) is 5.81. The Bertz CT molecular complexity index is 441. The summed E-state index contributed by atoms with van der Waals surface area (Å²) in [6.45, 7) is 7.42. The lowest BCUT2D eigenvalue weighted by molar-refractivity contribution is -0.387. The molecule has 0 radical (unpaired) electrons. The fourth-order valence-corrected chi connectivity index (χ4v) is 1.99. The van der Waals surface area contributed by atoms with Crippen molar-refractivity contribution in [1.29, 1.82) is 0 Å². The SMILES string of the molecule is CN(Cc1cccc([N+](=O)[O-])c1F)CC(C)(C)C. The molecule has 0 aromatic heterocycles. The van der Waals surface area contributed by atoms with E-state index in [2.05, 4.69) is 20.8 Å². The molecule has 0 heterocycles. The van der Waals surface area contributed by atoms with E-state index in [-0.39, 0.29) is 5.41 Å². The minimum absolute atomic E-state index is 0.103. The zero-order chi connectivity index (χ0) is 13.9. The van der Waals surface area contributed by atoms with E-state index in [0.717, 1.165) is 6.54 Å². The van der Waals surface area contributed by atoms with Crippen molar-refractivity contribution >= 4 is 5.69 Å². The lowest BCUT2D eigenvalue weighted by Crippen LogP contribution is -2.29.